The van der Waals surface area contributed by atoms with Crippen molar-refractivity contribution >= 4 is 5.95 Å². The Morgan fingerprint density at radius 2 is 2.17 bits per heavy atom. The molecule has 0 aliphatic rings. The van der Waals surface area contributed by atoms with Crippen molar-refractivity contribution in [3.8, 4) is 0 Å². The summed E-state index contributed by atoms with van der Waals surface area (Å²) >= 11 is 0. The van der Waals surface area contributed by atoms with Crippen LogP contribution in [0.15, 0.2) is 0 Å². The third-order valence-corrected chi connectivity index (χ3v) is 1.62. The molecule has 0 aliphatic heterocycles. The number of nitrogens with zero attached hydrogens (tertiary/aromatic N) is 3. The van der Waals surface area contributed by atoms with Gasteiger partial charge in [0.15, 0.2) is 5.82 Å². The zero-order valence-corrected chi connectivity index (χ0v) is 7.41. The van der Waals surface area contributed by atoms with Gasteiger partial charge in [0.25, 0.3) is 0 Å². The maximum atomic E-state index is 8.88. The molecule has 5 heteroatoms. The summed E-state index contributed by atoms with van der Waals surface area (Å²) in [5.74, 6) is 1.33. The lowest BCUT2D eigenvalue weighted by Gasteiger charge is -2.05. The molecule has 0 spiro atoms. The topological polar surface area (TPSA) is 63.0 Å². The van der Waals surface area contributed by atoms with Gasteiger partial charge >= 0.3 is 0 Å². The summed E-state index contributed by atoms with van der Waals surface area (Å²) in [6.45, 7) is 5.50. The number of anilines is 1. The fourth-order valence-electron chi connectivity index (χ4n) is 1.07. The van der Waals surface area contributed by atoms with E-state index in [1.807, 2.05) is 18.4 Å². The summed E-state index contributed by atoms with van der Waals surface area (Å²) in [7, 11) is 0. The Hall–Kier alpha value is -1.10. The fourth-order valence-corrected chi connectivity index (χ4v) is 1.07. The smallest absolute Gasteiger partial charge is 0.224 e. The molecule has 0 saturated heterocycles. The molecule has 0 bridgehead atoms. The van der Waals surface area contributed by atoms with Crippen molar-refractivity contribution in [2.45, 2.75) is 27.0 Å². The summed E-state index contributed by atoms with van der Waals surface area (Å²) < 4.78 is 1.85. The largest absolute Gasteiger partial charge is 0.388 e. The second-order valence-corrected chi connectivity index (χ2v) is 2.37. The van der Waals surface area contributed by atoms with Gasteiger partial charge in [0.2, 0.25) is 5.95 Å². The summed E-state index contributed by atoms with van der Waals surface area (Å²) in [5.41, 5.74) is 0. The first-order valence-electron chi connectivity index (χ1n) is 4.10. The molecule has 1 rings (SSSR count). The van der Waals surface area contributed by atoms with Gasteiger partial charge in [-0.05, 0) is 13.8 Å². The van der Waals surface area contributed by atoms with E-state index in [4.69, 9.17) is 5.11 Å². The molecule has 2 N–H and O–H groups in total. The van der Waals surface area contributed by atoms with Crippen molar-refractivity contribution in [2.24, 2.45) is 0 Å². The molecule has 0 unspecified atom stereocenters. The standard InChI is InChI=1S/C7H14N4O/c1-3-8-7-10-9-6(5-12)11(7)4-2/h12H,3-5H2,1-2H3,(H,8,10). The quantitative estimate of drug-likeness (QED) is 0.678. The Morgan fingerprint density at radius 3 is 2.67 bits per heavy atom. The maximum absolute atomic E-state index is 8.88. The van der Waals surface area contributed by atoms with Crippen LogP contribution in [-0.2, 0) is 13.2 Å². The molecule has 0 radical (unpaired) electrons. The second kappa shape index (κ2) is 4.06. The van der Waals surface area contributed by atoms with E-state index < -0.39 is 0 Å². The number of aromatic nitrogens is 3. The normalized spacial score (nSPS) is 10.2. The zero-order chi connectivity index (χ0) is 8.97. The van der Waals surface area contributed by atoms with E-state index >= 15 is 0 Å². The average molecular weight is 170 g/mol. The minimum absolute atomic E-state index is 0.0633. The SMILES string of the molecule is CCNc1nnc(CO)n1CC. The molecule has 5 nitrogen and oxygen atoms in total. The number of nitrogens with one attached hydrogen (secondary N) is 1. The Morgan fingerprint density at radius 1 is 1.42 bits per heavy atom. The van der Waals surface area contributed by atoms with E-state index in [1.54, 1.807) is 0 Å². The van der Waals surface area contributed by atoms with Crippen molar-refractivity contribution in [3.63, 3.8) is 0 Å². The highest BCUT2D eigenvalue weighted by molar-refractivity contribution is 5.25. The first-order chi connectivity index (χ1) is 5.83. The van der Waals surface area contributed by atoms with Gasteiger partial charge in [-0.1, -0.05) is 0 Å². The van der Waals surface area contributed by atoms with Crippen molar-refractivity contribution in [3.05, 3.63) is 5.82 Å². The van der Waals surface area contributed by atoms with Crippen LogP contribution < -0.4 is 5.32 Å². The Bertz CT molecular complexity index is 246. The molecule has 1 heterocycles. The second-order valence-electron chi connectivity index (χ2n) is 2.37. The van der Waals surface area contributed by atoms with Crippen LogP contribution in [0, 0.1) is 0 Å². The number of hydrogen-bond donors (Lipinski definition) is 2. The van der Waals surface area contributed by atoms with Gasteiger partial charge in [-0.25, -0.2) is 0 Å². The molecule has 1 aromatic heterocycles. The van der Waals surface area contributed by atoms with E-state index in [2.05, 4.69) is 15.5 Å². The third-order valence-electron chi connectivity index (χ3n) is 1.62. The third kappa shape index (κ3) is 1.55. The van der Waals surface area contributed by atoms with Crippen LogP contribution in [0.3, 0.4) is 0 Å². The minimum atomic E-state index is -0.0633. The van der Waals surface area contributed by atoms with E-state index in [1.165, 1.54) is 0 Å². The first kappa shape index (κ1) is 8.99. The molecule has 0 atom stereocenters. The molecule has 0 fully saturated rings. The molecule has 0 amide bonds. The Balaban J connectivity index is 2.88. The minimum Gasteiger partial charge on any atom is -0.388 e. The van der Waals surface area contributed by atoms with E-state index in [9.17, 15) is 0 Å². The number of aliphatic hydroxyl groups is 1. The van der Waals surface area contributed by atoms with Crippen LogP contribution in [0.2, 0.25) is 0 Å². The molecular formula is C7H14N4O. The maximum Gasteiger partial charge on any atom is 0.224 e. The van der Waals surface area contributed by atoms with Gasteiger partial charge in [-0.15, -0.1) is 10.2 Å². The van der Waals surface area contributed by atoms with E-state index in [-0.39, 0.29) is 6.61 Å². The van der Waals surface area contributed by atoms with Gasteiger partial charge in [0, 0.05) is 13.1 Å². The molecule has 0 aromatic carbocycles. The van der Waals surface area contributed by atoms with Crippen LogP contribution in [0.5, 0.6) is 0 Å². The average Bonchev–Trinajstić information content (AvgIpc) is 2.47. The number of rotatable bonds is 4. The van der Waals surface area contributed by atoms with Gasteiger partial charge in [-0.3, -0.25) is 4.57 Å². The molecule has 1 aromatic rings. The zero-order valence-electron chi connectivity index (χ0n) is 7.41. The van der Waals surface area contributed by atoms with Crippen molar-refractivity contribution in [1.29, 1.82) is 0 Å². The lowest BCUT2D eigenvalue weighted by molar-refractivity contribution is 0.265. The summed E-state index contributed by atoms with van der Waals surface area (Å²) in [6, 6.07) is 0. The summed E-state index contributed by atoms with van der Waals surface area (Å²) in [6.07, 6.45) is 0. The van der Waals surface area contributed by atoms with E-state index in [0.717, 1.165) is 19.0 Å². The molecule has 0 aliphatic carbocycles. The van der Waals surface area contributed by atoms with Gasteiger partial charge < -0.3 is 10.4 Å². The van der Waals surface area contributed by atoms with Crippen molar-refractivity contribution in [2.75, 3.05) is 11.9 Å². The van der Waals surface area contributed by atoms with Crippen LogP contribution in [0.1, 0.15) is 19.7 Å². The lowest BCUT2D eigenvalue weighted by Crippen LogP contribution is -2.08. The molecule has 12 heavy (non-hydrogen) atoms. The predicted molar refractivity (Wildman–Crippen MR) is 45.8 cm³/mol. The molecular weight excluding hydrogens is 156 g/mol. The van der Waals surface area contributed by atoms with Crippen LogP contribution >= 0.6 is 0 Å². The first-order valence-corrected chi connectivity index (χ1v) is 4.10. The highest BCUT2D eigenvalue weighted by Crippen LogP contribution is 2.06. The van der Waals surface area contributed by atoms with Crippen molar-refractivity contribution in [1.82, 2.24) is 14.8 Å². The Kier molecular flexibility index (Phi) is 3.04. The fraction of sp³-hybridized carbons (Fsp3) is 0.714. The van der Waals surface area contributed by atoms with E-state index in [0.29, 0.717) is 5.82 Å². The van der Waals surface area contributed by atoms with Gasteiger partial charge in [0.05, 0.1) is 0 Å². The highest BCUT2D eigenvalue weighted by atomic mass is 16.3. The lowest BCUT2D eigenvalue weighted by atomic mass is 10.6. The summed E-state index contributed by atoms with van der Waals surface area (Å²) in [4.78, 5) is 0. The van der Waals surface area contributed by atoms with Gasteiger partial charge in [-0.2, -0.15) is 0 Å². The highest BCUT2D eigenvalue weighted by Gasteiger charge is 2.07. The van der Waals surface area contributed by atoms with Gasteiger partial charge in [0.1, 0.15) is 6.61 Å². The monoisotopic (exact) mass is 170 g/mol. The van der Waals surface area contributed by atoms with Crippen LogP contribution in [0.25, 0.3) is 0 Å². The summed E-state index contributed by atoms with van der Waals surface area (Å²) in [5, 5.41) is 19.7. The van der Waals surface area contributed by atoms with Crippen molar-refractivity contribution < 1.29 is 5.11 Å². The van der Waals surface area contributed by atoms with Crippen LogP contribution in [-0.4, -0.2) is 26.4 Å². The predicted octanol–water partition coefficient (Wildman–Crippen LogP) is 0.222. The molecule has 68 valence electrons. The number of hydrogen-bond acceptors (Lipinski definition) is 4. The Labute approximate surface area is 71.4 Å². The molecule has 0 saturated carbocycles. The number of aliphatic hydroxyl groups excluding tert-OH is 1. The van der Waals surface area contributed by atoms with Crippen LogP contribution in [0.4, 0.5) is 5.95 Å².